The van der Waals surface area contributed by atoms with E-state index in [2.05, 4.69) is 47.0 Å². The molecule has 0 spiro atoms. The molecule has 1 saturated heterocycles. The second-order valence-corrected chi connectivity index (χ2v) is 8.08. The second kappa shape index (κ2) is 7.66. The Morgan fingerprint density at radius 2 is 1.86 bits per heavy atom. The van der Waals surface area contributed by atoms with Crippen molar-refractivity contribution >= 4 is 17.6 Å². The maximum absolute atomic E-state index is 12.8. The molecule has 2 N–H and O–H groups in total. The molecule has 0 saturated carbocycles. The van der Waals surface area contributed by atoms with Crippen LogP contribution in [0.15, 0.2) is 42.5 Å². The number of urea groups is 1. The summed E-state index contributed by atoms with van der Waals surface area (Å²) < 4.78 is 0. The molecule has 4 rings (SSSR count). The number of rotatable bonds is 3. The number of carbonyl (C=O) groups is 2. The van der Waals surface area contributed by atoms with Crippen LogP contribution in [0.2, 0.25) is 0 Å². The zero-order chi connectivity index (χ0) is 19.7. The van der Waals surface area contributed by atoms with E-state index < -0.39 is 0 Å². The first-order valence-corrected chi connectivity index (χ1v) is 10.1. The maximum Gasteiger partial charge on any atom is 0.317 e. The van der Waals surface area contributed by atoms with Crippen LogP contribution in [0, 0.1) is 5.92 Å². The topological polar surface area (TPSA) is 61.4 Å². The van der Waals surface area contributed by atoms with E-state index in [1.807, 2.05) is 19.9 Å². The monoisotopic (exact) mass is 377 g/mol. The summed E-state index contributed by atoms with van der Waals surface area (Å²) in [4.78, 5) is 26.9. The minimum atomic E-state index is -0.174. The molecule has 1 unspecified atom stereocenters. The molecule has 0 radical (unpaired) electrons. The van der Waals surface area contributed by atoms with Crippen LogP contribution in [0.4, 0.5) is 10.5 Å². The van der Waals surface area contributed by atoms with Gasteiger partial charge in [0.25, 0.3) is 0 Å². The van der Waals surface area contributed by atoms with Gasteiger partial charge in [0.2, 0.25) is 5.91 Å². The Labute approximate surface area is 166 Å². The van der Waals surface area contributed by atoms with E-state index in [1.54, 1.807) is 4.90 Å². The van der Waals surface area contributed by atoms with E-state index in [9.17, 15) is 9.59 Å². The lowest BCUT2D eigenvalue weighted by atomic mass is 9.97. The van der Waals surface area contributed by atoms with Gasteiger partial charge in [-0.1, -0.05) is 30.3 Å². The summed E-state index contributed by atoms with van der Waals surface area (Å²) in [5.74, 6) is -0.180. The second-order valence-electron chi connectivity index (χ2n) is 8.08. The highest BCUT2D eigenvalue weighted by molar-refractivity contribution is 5.94. The molecule has 1 aliphatic heterocycles. The van der Waals surface area contributed by atoms with Gasteiger partial charge in [0, 0.05) is 24.8 Å². The number of carbonyl (C=O) groups excluding carboxylic acids is 2. The Bertz CT molecular complexity index is 906. The number of benzene rings is 2. The zero-order valence-corrected chi connectivity index (χ0v) is 16.5. The Hall–Kier alpha value is -2.82. The van der Waals surface area contributed by atoms with Crippen LogP contribution < -0.4 is 10.6 Å². The van der Waals surface area contributed by atoms with E-state index >= 15 is 0 Å². The van der Waals surface area contributed by atoms with Crippen LogP contribution in [0.3, 0.4) is 0 Å². The summed E-state index contributed by atoms with van der Waals surface area (Å²) in [6.07, 6.45) is 2.61. The molecule has 0 aromatic heterocycles. The smallest absolute Gasteiger partial charge is 0.317 e. The molecule has 146 valence electrons. The Kier molecular flexibility index (Phi) is 5.07. The summed E-state index contributed by atoms with van der Waals surface area (Å²) in [5.41, 5.74) is 5.91. The molecule has 2 aromatic carbocycles. The van der Waals surface area contributed by atoms with Crippen molar-refractivity contribution in [3.05, 3.63) is 53.6 Å². The fourth-order valence-corrected chi connectivity index (χ4v) is 4.16. The Morgan fingerprint density at radius 1 is 1.07 bits per heavy atom. The summed E-state index contributed by atoms with van der Waals surface area (Å²) in [6, 6.07) is 14.6. The number of amides is 3. The lowest BCUT2D eigenvalue weighted by Gasteiger charge is -2.32. The van der Waals surface area contributed by atoms with Crippen molar-refractivity contribution in [3.63, 3.8) is 0 Å². The number of nitrogens with one attached hydrogen (secondary N) is 2. The first-order chi connectivity index (χ1) is 13.5. The molecule has 1 atom stereocenters. The van der Waals surface area contributed by atoms with Gasteiger partial charge < -0.3 is 15.5 Å². The molecular formula is C23H27N3O2. The van der Waals surface area contributed by atoms with Crippen molar-refractivity contribution in [1.82, 2.24) is 10.2 Å². The predicted octanol–water partition coefficient (Wildman–Crippen LogP) is 4.03. The minimum Gasteiger partial charge on any atom is -0.336 e. The summed E-state index contributed by atoms with van der Waals surface area (Å²) in [7, 11) is 0. The van der Waals surface area contributed by atoms with E-state index in [0.717, 1.165) is 24.9 Å². The average Bonchev–Trinajstić information content (AvgIpc) is 3.05. The lowest BCUT2D eigenvalue weighted by Crippen LogP contribution is -2.49. The zero-order valence-electron chi connectivity index (χ0n) is 16.5. The third-order valence-corrected chi connectivity index (χ3v) is 5.56. The number of piperidine rings is 1. The number of hydrogen-bond donors (Lipinski definition) is 2. The normalized spacial score (nSPS) is 17.8. The van der Waals surface area contributed by atoms with Crippen LogP contribution in [0.1, 0.15) is 37.8 Å². The summed E-state index contributed by atoms with van der Waals surface area (Å²) in [6.45, 7) is 5.06. The number of anilines is 1. The third-order valence-electron chi connectivity index (χ3n) is 5.56. The quantitative estimate of drug-likeness (QED) is 0.724. The van der Waals surface area contributed by atoms with Crippen molar-refractivity contribution in [3.8, 4) is 11.1 Å². The van der Waals surface area contributed by atoms with Crippen molar-refractivity contribution in [1.29, 1.82) is 0 Å². The predicted molar refractivity (Wildman–Crippen MR) is 111 cm³/mol. The van der Waals surface area contributed by atoms with Gasteiger partial charge in [-0.15, -0.1) is 0 Å². The molecule has 5 nitrogen and oxygen atoms in total. The molecule has 3 amide bonds. The van der Waals surface area contributed by atoms with Gasteiger partial charge in [0.15, 0.2) is 0 Å². The third kappa shape index (κ3) is 3.75. The fraction of sp³-hybridized carbons (Fsp3) is 0.391. The SMILES string of the molecule is CC(C)NC(=O)N1CCCC(C(=O)Nc2ccc3c(c2)-c2ccccc2C3)C1. The van der Waals surface area contributed by atoms with Crippen molar-refractivity contribution in [2.24, 2.45) is 5.92 Å². The van der Waals surface area contributed by atoms with Gasteiger partial charge in [-0.05, 0) is 67.5 Å². The van der Waals surface area contributed by atoms with E-state index in [1.165, 1.54) is 22.3 Å². The summed E-state index contributed by atoms with van der Waals surface area (Å²) in [5, 5.41) is 5.99. The van der Waals surface area contributed by atoms with Crippen LogP contribution >= 0.6 is 0 Å². The number of hydrogen-bond acceptors (Lipinski definition) is 2. The maximum atomic E-state index is 12.8. The number of fused-ring (bicyclic) bond motifs is 3. The highest BCUT2D eigenvalue weighted by Crippen LogP contribution is 2.37. The Balaban J connectivity index is 1.44. The van der Waals surface area contributed by atoms with Gasteiger partial charge >= 0.3 is 6.03 Å². The highest BCUT2D eigenvalue weighted by Gasteiger charge is 2.29. The molecule has 0 bridgehead atoms. The van der Waals surface area contributed by atoms with Gasteiger partial charge in [0.1, 0.15) is 0 Å². The van der Waals surface area contributed by atoms with E-state index in [0.29, 0.717) is 13.1 Å². The lowest BCUT2D eigenvalue weighted by molar-refractivity contribution is -0.121. The molecule has 1 heterocycles. The minimum absolute atomic E-state index is 0.00622. The van der Waals surface area contributed by atoms with Crippen LogP contribution in [0.5, 0.6) is 0 Å². The molecular weight excluding hydrogens is 350 g/mol. The fourth-order valence-electron chi connectivity index (χ4n) is 4.16. The van der Waals surface area contributed by atoms with Crippen LogP contribution in [-0.4, -0.2) is 36.0 Å². The number of likely N-dealkylation sites (tertiary alicyclic amines) is 1. The molecule has 28 heavy (non-hydrogen) atoms. The van der Waals surface area contributed by atoms with Crippen LogP contribution in [0.25, 0.3) is 11.1 Å². The van der Waals surface area contributed by atoms with Crippen LogP contribution in [-0.2, 0) is 11.2 Å². The first-order valence-electron chi connectivity index (χ1n) is 10.1. The van der Waals surface area contributed by atoms with Crippen molar-refractivity contribution < 1.29 is 9.59 Å². The molecule has 2 aliphatic rings. The molecule has 2 aromatic rings. The van der Waals surface area contributed by atoms with Crippen molar-refractivity contribution in [2.75, 3.05) is 18.4 Å². The highest BCUT2D eigenvalue weighted by atomic mass is 16.2. The number of nitrogens with zero attached hydrogens (tertiary/aromatic N) is 1. The van der Waals surface area contributed by atoms with Gasteiger partial charge in [-0.3, -0.25) is 4.79 Å². The first kappa shape index (κ1) is 18.5. The molecule has 5 heteroatoms. The van der Waals surface area contributed by atoms with Gasteiger partial charge in [0.05, 0.1) is 5.92 Å². The van der Waals surface area contributed by atoms with Crippen molar-refractivity contribution in [2.45, 2.75) is 39.2 Å². The van der Waals surface area contributed by atoms with E-state index in [-0.39, 0.29) is 23.9 Å². The molecule has 1 fully saturated rings. The summed E-state index contributed by atoms with van der Waals surface area (Å²) >= 11 is 0. The average molecular weight is 377 g/mol. The largest absolute Gasteiger partial charge is 0.336 e. The van der Waals surface area contributed by atoms with Gasteiger partial charge in [-0.2, -0.15) is 0 Å². The van der Waals surface area contributed by atoms with E-state index in [4.69, 9.17) is 0 Å². The standard InChI is InChI=1S/C23H27N3O2/c1-15(2)24-23(28)26-11-5-7-18(14-26)22(27)25-19-10-9-17-12-16-6-3-4-8-20(16)21(17)13-19/h3-4,6,8-10,13,15,18H,5,7,11-12,14H2,1-2H3,(H,24,28)(H,25,27). The van der Waals surface area contributed by atoms with Gasteiger partial charge in [-0.25, -0.2) is 4.79 Å². The molecule has 1 aliphatic carbocycles. The Morgan fingerprint density at radius 3 is 2.68 bits per heavy atom.